The summed E-state index contributed by atoms with van der Waals surface area (Å²) in [5.74, 6) is 0. The standard InChI is InChI=1S/C12H5Cl4NO/c13-8-4-10(15)9(14)3-7(8)11-6(5-18)1-2-17-12(11)16/h1-5H. The van der Waals surface area contributed by atoms with Gasteiger partial charge < -0.3 is 0 Å². The van der Waals surface area contributed by atoms with Crippen LogP contribution in [0.25, 0.3) is 11.1 Å². The lowest BCUT2D eigenvalue weighted by Crippen LogP contribution is -1.92. The summed E-state index contributed by atoms with van der Waals surface area (Å²) in [6.07, 6.45) is 2.13. The minimum Gasteiger partial charge on any atom is -0.298 e. The van der Waals surface area contributed by atoms with Gasteiger partial charge in [-0.15, -0.1) is 0 Å². The van der Waals surface area contributed by atoms with E-state index in [0.29, 0.717) is 38.0 Å². The molecule has 1 heterocycles. The molecule has 1 aromatic carbocycles. The van der Waals surface area contributed by atoms with Crippen LogP contribution >= 0.6 is 46.4 Å². The highest BCUT2D eigenvalue weighted by atomic mass is 35.5. The number of hydrogen-bond donors (Lipinski definition) is 0. The van der Waals surface area contributed by atoms with Crippen molar-refractivity contribution in [1.29, 1.82) is 0 Å². The third kappa shape index (κ3) is 2.47. The van der Waals surface area contributed by atoms with Crippen LogP contribution in [0.4, 0.5) is 0 Å². The molecule has 0 atom stereocenters. The van der Waals surface area contributed by atoms with E-state index in [1.54, 1.807) is 12.1 Å². The molecular weight excluding hydrogens is 316 g/mol. The quantitative estimate of drug-likeness (QED) is 0.434. The Morgan fingerprint density at radius 3 is 2.33 bits per heavy atom. The van der Waals surface area contributed by atoms with Crippen LogP contribution < -0.4 is 0 Å². The minimum absolute atomic E-state index is 0.180. The normalized spacial score (nSPS) is 10.4. The van der Waals surface area contributed by atoms with Crippen molar-refractivity contribution in [3.05, 3.63) is 50.2 Å². The fourth-order valence-electron chi connectivity index (χ4n) is 1.53. The number of carbonyl (C=O) groups excluding carboxylic acids is 1. The summed E-state index contributed by atoms with van der Waals surface area (Å²) in [4.78, 5) is 15.0. The van der Waals surface area contributed by atoms with E-state index in [1.807, 2.05) is 0 Å². The van der Waals surface area contributed by atoms with Gasteiger partial charge in [-0.2, -0.15) is 0 Å². The van der Waals surface area contributed by atoms with Gasteiger partial charge in [0, 0.05) is 22.9 Å². The SMILES string of the molecule is O=Cc1ccnc(Cl)c1-c1cc(Cl)c(Cl)cc1Cl. The van der Waals surface area contributed by atoms with E-state index < -0.39 is 0 Å². The first-order chi connectivity index (χ1) is 8.54. The van der Waals surface area contributed by atoms with Crippen molar-refractivity contribution in [3.8, 4) is 11.1 Å². The molecule has 0 saturated carbocycles. The van der Waals surface area contributed by atoms with E-state index in [2.05, 4.69) is 4.98 Å². The van der Waals surface area contributed by atoms with Gasteiger partial charge in [-0.1, -0.05) is 46.4 Å². The lowest BCUT2D eigenvalue weighted by Gasteiger charge is -2.10. The van der Waals surface area contributed by atoms with Crippen molar-refractivity contribution in [2.45, 2.75) is 0 Å². The van der Waals surface area contributed by atoms with Crippen LogP contribution in [0.3, 0.4) is 0 Å². The van der Waals surface area contributed by atoms with Crippen molar-refractivity contribution in [3.63, 3.8) is 0 Å². The summed E-state index contributed by atoms with van der Waals surface area (Å²) in [6.45, 7) is 0. The molecule has 1 aromatic heterocycles. The summed E-state index contributed by atoms with van der Waals surface area (Å²) in [5, 5.41) is 1.19. The molecule has 0 bridgehead atoms. The van der Waals surface area contributed by atoms with E-state index in [1.165, 1.54) is 12.3 Å². The zero-order chi connectivity index (χ0) is 13.3. The molecule has 0 unspecified atom stereocenters. The van der Waals surface area contributed by atoms with Gasteiger partial charge in [0.25, 0.3) is 0 Å². The number of aldehydes is 1. The second-order valence-electron chi connectivity index (χ2n) is 3.43. The minimum atomic E-state index is 0.180. The number of nitrogens with zero attached hydrogens (tertiary/aromatic N) is 1. The summed E-state index contributed by atoms with van der Waals surface area (Å²) in [7, 11) is 0. The Kier molecular flexibility index (Phi) is 4.13. The van der Waals surface area contributed by atoms with Crippen LogP contribution in [-0.2, 0) is 0 Å². The van der Waals surface area contributed by atoms with Gasteiger partial charge in [-0.25, -0.2) is 4.98 Å². The molecule has 92 valence electrons. The number of aromatic nitrogens is 1. The average Bonchev–Trinajstić information content (AvgIpc) is 2.34. The van der Waals surface area contributed by atoms with Gasteiger partial charge in [0.2, 0.25) is 0 Å². The molecule has 0 aliphatic heterocycles. The van der Waals surface area contributed by atoms with Crippen LogP contribution in [0, 0.1) is 0 Å². The van der Waals surface area contributed by atoms with Crippen molar-refractivity contribution in [2.24, 2.45) is 0 Å². The van der Waals surface area contributed by atoms with E-state index in [9.17, 15) is 4.79 Å². The first-order valence-corrected chi connectivity index (χ1v) is 6.30. The first-order valence-electron chi connectivity index (χ1n) is 4.79. The maximum atomic E-state index is 11.0. The zero-order valence-corrected chi connectivity index (χ0v) is 11.8. The topological polar surface area (TPSA) is 30.0 Å². The van der Waals surface area contributed by atoms with Crippen molar-refractivity contribution >= 4 is 52.7 Å². The number of hydrogen-bond acceptors (Lipinski definition) is 2. The maximum Gasteiger partial charge on any atom is 0.150 e. The summed E-state index contributed by atoms with van der Waals surface area (Å²) in [6, 6.07) is 4.61. The Morgan fingerprint density at radius 1 is 1.00 bits per heavy atom. The van der Waals surface area contributed by atoms with Gasteiger partial charge in [0.1, 0.15) is 5.15 Å². The van der Waals surface area contributed by atoms with Gasteiger partial charge in [0.05, 0.1) is 15.1 Å². The van der Waals surface area contributed by atoms with Gasteiger partial charge >= 0.3 is 0 Å². The monoisotopic (exact) mass is 319 g/mol. The first kappa shape index (κ1) is 13.6. The highest BCUT2D eigenvalue weighted by molar-refractivity contribution is 6.44. The molecule has 0 fully saturated rings. The van der Waals surface area contributed by atoms with Gasteiger partial charge in [-0.3, -0.25) is 4.79 Å². The highest BCUT2D eigenvalue weighted by Crippen LogP contribution is 2.38. The molecule has 0 aliphatic rings. The molecule has 0 amide bonds. The molecular formula is C12H5Cl4NO. The molecule has 0 saturated heterocycles. The molecule has 0 N–H and O–H groups in total. The predicted molar refractivity (Wildman–Crippen MR) is 75.1 cm³/mol. The largest absolute Gasteiger partial charge is 0.298 e. The lowest BCUT2D eigenvalue weighted by atomic mass is 10.0. The Morgan fingerprint density at radius 2 is 1.67 bits per heavy atom. The van der Waals surface area contributed by atoms with E-state index in [-0.39, 0.29) is 5.15 Å². The fraction of sp³-hybridized carbons (Fsp3) is 0. The predicted octanol–water partition coefficient (Wildman–Crippen LogP) is 5.17. The van der Waals surface area contributed by atoms with Gasteiger partial charge in [-0.05, 0) is 18.2 Å². The molecule has 0 spiro atoms. The van der Waals surface area contributed by atoms with E-state index in [4.69, 9.17) is 46.4 Å². The summed E-state index contributed by atoms with van der Waals surface area (Å²) in [5.41, 5.74) is 1.35. The second-order valence-corrected chi connectivity index (χ2v) is 5.01. The third-order valence-electron chi connectivity index (χ3n) is 2.34. The van der Waals surface area contributed by atoms with Crippen LogP contribution in [0.1, 0.15) is 10.4 Å². The number of carbonyl (C=O) groups is 1. The lowest BCUT2D eigenvalue weighted by molar-refractivity contribution is 0.112. The van der Waals surface area contributed by atoms with Crippen LogP contribution in [0.15, 0.2) is 24.4 Å². The third-order valence-corrected chi connectivity index (χ3v) is 3.66. The Labute approximate surface area is 123 Å². The van der Waals surface area contributed by atoms with E-state index >= 15 is 0 Å². The second kappa shape index (κ2) is 5.45. The molecule has 0 aliphatic carbocycles. The molecule has 18 heavy (non-hydrogen) atoms. The Bertz CT molecular complexity index is 628. The number of pyridine rings is 1. The molecule has 2 nitrogen and oxygen atoms in total. The maximum absolute atomic E-state index is 11.0. The van der Waals surface area contributed by atoms with Gasteiger partial charge in [0.15, 0.2) is 6.29 Å². The molecule has 2 rings (SSSR count). The highest BCUT2D eigenvalue weighted by Gasteiger charge is 2.15. The van der Waals surface area contributed by atoms with Crippen LogP contribution in [-0.4, -0.2) is 11.3 Å². The molecule has 2 aromatic rings. The van der Waals surface area contributed by atoms with Crippen molar-refractivity contribution in [1.82, 2.24) is 4.98 Å². The Balaban J connectivity index is 2.77. The number of halogens is 4. The molecule has 0 radical (unpaired) electrons. The molecule has 6 heteroatoms. The van der Waals surface area contributed by atoms with E-state index in [0.717, 1.165) is 0 Å². The number of rotatable bonds is 2. The van der Waals surface area contributed by atoms with Crippen molar-refractivity contribution < 1.29 is 4.79 Å². The Hall–Kier alpha value is -0.800. The van der Waals surface area contributed by atoms with Crippen molar-refractivity contribution in [2.75, 3.05) is 0 Å². The summed E-state index contributed by atoms with van der Waals surface area (Å²) >= 11 is 23.9. The fourth-order valence-corrected chi connectivity index (χ4v) is 2.44. The average molecular weight is 321 g/mol. The van der Waals surface area contributed by atoms with Crippen LogP contribution in [0.2, 0.25) is 20.2 Å². The van der Waals surface area contributed by atoms with Crippen LogP contribution in [0.5, 0.6) is 0 Å². The number of benzene rings is 1. The zero-order valence-electron chi connectivity index (χ0n) is 8.75. The summed E-state index contributed by atoms with van der Waals surface area (Å²) < 4.78 is 0. The smallest absolute Gasteiger partial charge is 0.150 e.